The van der Waals surface area contributed by atoms with E-state index in [2.05, 4.69) is 33.5 Å². The molecule has 9 heteroatoms. The maximum Gasteiger partial charge on any atom is 0.244 e. The number of likely N-dealkylation sites (tertiary alicyclic amines) is 1. The second kappa shape index (κ2) is 9.73. The zero-order chi connectivity index (χ0) is 22.9. The molecule has 3 amide bonds. The first-order chi connectivity index (χ1) is 15.4. The predicted octanol–water partition coefficient (Wildman–Crippen LogP) is 2.39. The summed E-state index contributed by atoms with van der Waals surface area (Å²) in [6.45, 7) is 2.54. The highest BCUT2D eigenvalue weighted by Gasteiger charge is 2.75. The summed E-state index contributed by atoms with van der Waals surface area (Å²) < 4.78 is -0.668. The van der Waals surface area contributed by atoms with E-state index in [1.165, 1.54) is 4.90 Å². The molecule has 3 aliphatic heterocycles. The molecule has 3 unspecified atom stereocenters. The fraction of sp³-hybridized carbons (Fsp3) is 0.609. The molecule has 2 bridgehead atoms. The number of aliphatic hydroxyl groups excluding tert-OH is 1. The highest BCUT2D eigenvalue weighted by molar-refractivity contribution is 9.09. The van der Waals surface area contributed by atoms with Crippen LogP contribution >= 0.6 is 27.7 Å². The Labute approximate surface area is 201 Å². The zero-order valence-corrected chi connectivity index (χ0v) is 20.5. The first kappa shape index (κ1) is 23.6. The smallest absolute Gasteiger partial charge is 0.244 e. The number of carbonyl (C=O) groups is 3. The molecule has 32 heavy (non-hydrogen) atoms. The van der Waals surface area contributed by atoms with Gasteiger partial charge in [0, 0.05) is 28.9 Å². The van der Waals surface area contributed by atoms with Crippen LogP contribution in [0.1, 0.15) is 32.6 Å². The Hall–Kier alpha value is -1.58. The number of carbonyl (C=O) groups excluding carboxylic acids is 3. The Balaban J connectivity index is 1.61. The summed E-state index contributed by atoms with van der Waals surface area (Å²) in [4.78, 5) is 41.8. The van der Waals surface area contributed by atoms with Crippen molar-refractivity contribution in [2.24, 2.45) is 11.8 Å². The van der Waals surface area contributed by atoms with Gasteiger partial charge < -0.3 is 20.6 Å². The molecular weight excluding hydrogens is 494 g/mol. The average molecular weight is 524 g/mol. The predicted molar refractivity (Wildman–Crippen MR) is 129 cm³/mol. The number of aliphatic hydroxyl groups is 1. The number of nitrogens with one attached hydrogen (secondary N) is 2. The van der Waals surface area contributed by atoms with Crippen molar-refractivity contribution in [3.63, 3.8) is 0 Å². The number of rotatable bonds is 9. The second-order valence-corrected chi connectivity index (χ2v) is 11.5. The summed E-state index contributed by atoms with van der Waals surface area (Å²) in [6, 6.07) is 8.54. The summed E-state index contributed by atoms with van der Waals surface area (Å²) in [7, 11) is 0. The Morgan fingerprint density at radius 3 is 2.69 bits per heavy atom. The summed E-state index contributed by atoms with van der Waals surface area (Å²) in [5.41, 5.74) is 0.688. The molecule has 4 rings (SSSR count). The fourth-order valence-corrected chi connectivity index (χ4v) is 9.12. The molecule has 3 N–H and O–H groups in total. The van der Waals surface area contributed by atoms with Crippen molar-refractivity contribution in [1.29, 1.82) is 0 Å². The standard InChI is InChI=1S/C23H30BrN3O4S/c1-2-3-7-10-25-21(30)19-23-13-15(24)18(32-23)16(17(23)22(31)27(19)11-12-28)20(29)26-14-8-5-4-6-9-14/h4-6,8-9,15-19,28H,2-3,7,10-13H2,1H3,(H,25,30)(H,26,29)/t15?,16-,17-,18-,19?,23?/m0/s1. The molecule has 0 saturated carbocycles. The van der Waals surface area contributed by atoms with Crippen LogP contribution in [0, 0.1) is 11.8 Å². The van der Waals surface area contributed by atoms with Gasteiger partial charge in [-0.05, 0) is 25.0 Å². The minimum atomic E-state index is -0.682. The van der Waals surface area contributed by atoms with Crippen molar-refractivity contribution < 1.29 is 19.5 Å². The Morgan fingerprint density at radius 1 is 1.25 bits per heavy atom. The van der Waals surface area contributed by atoms with Crippen LogP contribution < -0.4 is 10.6 Å². The van der Waals surface area contributed by atoms with E-state index >= 15 is 0 Å². The lowest BCUT2D eigenvalue weighted by Gasteiger charge is -2.35. The molecule has 1 spiro atoms. The molecule has 3 fully saturated rings. The Bertz CT molecular complexity index is 872. The van der Waals surface area contributed by atoms with Gasteiger partial charge in [-0.15, -0.1) is 11.8 Å². The van der Waals surface area contributed by atoms with Gasteiger partial charge in [0.05, 0.1) is 23.2 Å². The first-order valence-corrected chi connectivity index (χ1v) is 13.1. The number of para-hydroxylation sites is 1. The van der Waals surface area contributed by atoms with Crippen LogP contribution in [0.4, 0.5) is 5.69 Å². The van der Waals surface area contributed by atoms with Gasteiger partial charge in [-0.2, -0.15) is 0 Å². The van der Waals surface area contributed by atoms with Crippen molar-refractivity contribution >= 4 is 51.1 Å². The summed E-state index contributed by atoms with van der Waals surface area (Å²) >= 11 is 5.34. The lowest BCUT2D eigenvalue weighted by Crippen LogP contribution is -2.54. The van der Waals surface area contributed by atoms with Gasteiger partial charge in [0.1, 0.15) is 6.04 Å². The van der Waals surface area contributed by atoms with Crippen LogP contribution in [0.15, 0.2) is 30.3 Å². The molecule has 1 aromatic carbocycles. The number of anilines is 1. The van der Waals surface area contributed by atoms with Gasteiger partial charge >= 0.3 is 0 Å². The highest BCUT2D eigenvalue weighted by atomic mass is 79.9. The number of hydrogen-bond donors (Lipinski definition) is 3. The molecule has 0 aromatic heterocycles. The molecule has 3 aliphatic rings. The van der Waals surface area contributed by atoms with E-state index < -0.39 is 22.6 Å². The lowest BCUT2D eigenvalue weighted by atomic mass is 9.70. The van der Waals surface area contributed by atoms with E-state index in [1.54, 1.807) is 11.8 Å². The van der Waals surface area contributed by atoms with E-state index in [-0.39, 0.29) is 41.0 Å². The zero-order valence-electron chi connectivity index (χ0n) is 18.1. The van der Waals surface area contributed by atoms with Crippen LogP contribution in [0.25, 0.3) is 0 Å². The third-order valence-corrected chi connectivity index (χ3v) is 10.0. The maximum atomic E-state index is 13.6. The van der Waals surface area contributed by atoms with E-state index in [4.69, 9.17) is 0 Å². The number of alkyl halides is 1. The quantitative estimate of drug-likeness (QED) is 0.341. The number of thioether (sulfide) groups is 1. The van der Waals surface area contributed by atoms with Crippen molar-refractivity contribution in [3.05, 3.63) is 30.3 Å². The second-order valence-electron chi connectivity index (χ2n) is 8.77. The van der Waals surface area contributed by atoms with Gasteiger partial charge in [0.25, 0.3) is 0 Å². The molecule has 3 saturated heterocycles. The SMILES string of the molecule is CCCCCNC(=O)C1N(CCO)C(=O)[C@@H]2[C@H](C(=O)Nc3ccccc3)[C@H]3SC12CC3Br. The summed E-state index contributed by atoms with van der Waals surface area (Å²) in [5, 5.41) is 15.5. The van der Waals surface area contributed by atoms with Crippen LogP contribution in [-0.2, 0) is 14.4 Å². The highest BCUT2D eigenvalue weighted by Crippen LogP contribution is 2.67. The van der Waals surface area contributed by atoms with Gasteiger partial charge in [-0.3, -0.25) is 14.4 Å². The number of fused-ring (bicyclic) bond motifs is 1. The minimum absolute atomic E-state index is 0.0348. The van der Waals surface area contributed by atoms with Gasteiger partial charge in [-0.1, -0.05) is 53.9 Å². The largest absolute Gasteiger partial charge is 0.395 e. The van der Waals surface area contributed by atoms with Crippen LogP contribution in [0.3, 0.4) is 0 Å². The van der Waals surface area contributed by atoms with E-state index in [0.29, 0.717) is 18.7 Å². The number of hydrogen-bond acceptors (Lipinski definition) is 5. The average Bonchev–Trinajstić information content (AvgIpc) is 3.36. The van der Waals surface area contributed by atoms with Crippen LogP contribution in [0.5, 0.6) is 0 Å². The first-order valence-electron chi connectivity index (χ1n) is 11.3. The number of unbranched alkanes of at least 4 members (excludes halogenated alkanes) is 2. The van der Waals surface area contributed by atoms with Crippen molar-refractivity contribution in [2.45, 2.75) is 53.5 Å². The molecule has 3 heterocycles. The van der Waals surface area contributed by atoms with E-state index in [1.807, 2.05) is 30.3 Å². The molecule has 0 radical (unpaired) electrons. The normalized spacial score (nSPS) is 32.8. The van der Waals surface area contributed by atoms with Crippen molar-refractivity contribution in [1.82, 2.24) is 10.2 Å². The van der Waals surface area contributed by atoms with Gasteiger partial charge in [0.15, 0.2) is 0 Å². The Morgan fingerprint density at radius 2 is 2.00 bits per heavy atom. The molecule has 6 atom stereocenters. The molecule has 0 aliphatic carbocycles. The monoisotopic (exact) mass is 523 g/mol. The molecule has 174 valence electrons. The fourth-order valence-electron chi connectivity index (χ4n) is 5.51. The number of nitrogens with zero attached hydrogens (tertiary/aromatic N) is 1. The number of benzene rings is 1. The molecular formula is C23H30BrN3O4S. The number of amides is 3. The Kier molecular flexibility index (Phi) is 7.17. The van der Waals surface area contributed by atoms with Crippen molar-refractivity contribution in [3.8, 4) is 0 Å². The lowest BCUT2D eigenvalue weighted by molar-refractivity contribution is -0.139. The molecule has 1 aromatic rings. The molecule has 7 nitrogen and oxygen atoms in total. The van der Waals surface area contributed by atoms with Crippen molar-refractivity contribution in [2.75, 3.05) is 25.0 Å². The third kappa shape index (κ3) is 3.96. The van der Waals surface area contributed by atoms with E-state index in [0.717, 1.165) is 19.3 Å². The summed E-state index contributed by atoms with van der Waals surface area (Å²) in [5.74, 6) is -1.68. The number of β-amino-alcohol motifs (C(OH)–C–C–N with tert-alkyl or cyclic N) is 1. The van der Waals surface area contributed by atoms with Crippen LogP contribution in [0.2, 0.25) is 0 Å². The number of halogens is 1. The van der Waals surface area contributed by atoms with Gasteiger partial charge in [-0.25, -0.2) is 0 Å². The minimum Gasteiger partial charge on any atom is -0.395 e. The van der Waals surface area contributed by atoms with E-state index in [9.17, 15) is 19.5 Å². The topological polar surface area (TPSA) is 98.7 Å². The summed E-state index contributed by atoms with van der Waals surface area (Å²) in [6.07, 6.45) is 3.61. The maximum absolute atomic E-state index is 13.6. The van der Waals surface area contributed by atoms with Crippen LogP contribution in [-0.4, -0.2) is 68.3 Å². The van der Waals surface area contributed by atoms with Gasteiger partial charge in [0.2, 0.25) is 17.7 Å². The third-order valence-electron chi connectivity index (χ3n) is 6.80.